The average molecular weight is 1080 g/mol. The van der Waals surface area contributed by atoms with E-state index in [-0.39, 0.29) is 55.3 Å². The number of esters is 4. The zero-order valence-corrected chi connectivity index (χ0v) is 49.6. The number of amides is 1. The van der Waals surface area contributed by atoms with Crippen LogP contribution in [-0.4, -0.2) is 179 Å². The van der Waals surface area contributed by atoms with Crippen LogP contribution in [-0.2, 0) is 57.1 Å². The number of hydrogen-bond acceptors (Lipinski definition) is 16. The zero-order chi connectivity index (χ0) is 57.8. The molecule has 17 atom stereocenters. The fourth-order valence-corrected chi connectivity index (χ4v) is 9.44. The maximum atomic E-state index is 13.6. The molecule has 0 fully saturated rings. The van der Waals surface area contributed by atoms with E-state index in [4.69, 9.17) is 33.2 Å². The summed E-state index contributed by atoms with van der Waals surface area (Å²) in [6, 6.07) is -1.20. The first kappa shape index (κ1) is 69.8. The second-order valence-electron chi connectivity index (χ2n) is 21.9. The Hall–Kier alpha value is -4.23. The van der Waals surface area contributed by atoms with E-state index in [1.807, 2.05) is 53.7 Å². The molecule has 0 aromatic carbocycles. The summed E-state index contributed by atoms with van der Waals surface area (Å²) in [6.45, 7) is 18.8. The van der Waals surface area contributed by atoms with Crippen LogP contribution in [0.25, 0.3) is 0 Å². The van der Waals surface area contributed by atoms with Crippen LogP contribution in [0.4, 0.5) is 0 Å². The van der Waals surface area contributed by atoms with Gasteiger partial charge in [0.2, 0.25) is 6.41 Å². The molecular formula is C59H101N3O14. The number of aliphatic hydroxyl groups excluding tert-OH is 2. The summed E-state index contributed by atoms with van der Waals surface area (Å²) in [5, 5.41) is 23.6. The SMILES string of the molecule is COCC(C(=O)OC1C(C)CCC(OC)C(C)=CCC(C)CC(OC)C=CCC(C(C)C(O)C(C)CCC(OC(=O)C(C)N(C)C)C(C)C(OC(C)=O)C(C)C=CN(C)C=O)OC(=O)C=CC=CCC(O)C1C)N(C)C. The van der Waals surface area contributed by atoms with Gasteiger partial charge in [0.05, 0.1) is 31.0 Å². The molecule has 2 N–H and O–H groups in total. The van der Waals surface area contributed by atoms with Crippen LogP contribution in [0.5, 0.6) is 0 Å². The summed E-state index contributed by atoms with van der Waals surface area (Å²) < 4.78 is 41.6. The quantitative estimate of drug-likeness (QED) is 0.0435. The van der Waals surface area contributed by atoms with Crippen molar-refractivity contribution in [1.29, 1.82) is 0 Å². The molecule has 17 heteroatoms. The Morgan fingerprint density at radius 1 is 0.868 bits per heavy atom. The number of aliphatic hydroxyl groups is 2. The molecule has 0 aromatic heterocycles. The summed E-state index contributed by atoms with van der Waals surface area (Å²) in [5.74, 6) is -4.14. The normalized spacial score (nSPS) is 26.7. The van der Waals surface area contributed by atoms with Crippen molar-refractivity contribution in [3.63, 3.8) is 0 Å². The van der Waals surface area contributed by atoms with Crippen LogP contribution < -0.4 is 0 Å². The molecule has 1 amide bonds. The summed E-state index contributed by atoms with van der Waals surface area (Å²) >= 11 is 0. The fraction of sp³-hybridized carbons (Fsp3) is 0.746. The van der Waals surface area contributed by atoms with E-state index in [2.05, 4.69) is 19.9 Å². The van der Waals surface area contributed by atoms with Gasteiger partial charge in [-0.1, -0.05) is 91.0 Å². The minimum atomic E-state index is -0.966. The minimum Gasteiger partial charge on any atom is -0.462 e. The lowest BCUT2D eigenvalue weighted by atomic mass is 9.82. The van der Waals surface area contributed by atoms with Crippen molar-refractivity contribution >= 4 is 30.3 Å². The van der Waals surface area contributed by atoms with Crippen LogP contribution >= 0.6 is 0 Å². The number of carbonyl (C=O) groups is 5. The smallest absolute Gasteiger partial charge is 0.331 e. The molecule has 1 rings (SSSR count). The Bertz CT molecular complexity index is 1870. The standard InChI is InChI=1S/C59H101N3O14/c1-38-27-28-39(2)51(72-18)31-30-41(4)56(76-59(69)49(36-70-16)61(13)14)43(6)50(65)24-20-19-21-26-54(66)74-52(25-22-23-48(35-38)71-17)44(7)55(67)40(3)29-32-53(75-58(68)46(9)60(11)12)45(8)57(73-47(10)64)42(5)33-34-62(15)37-63/h19-23,26,28,33-34,37-38,40-46,48-53,55-57,65,67H,24-25,27,29-32,35-36H2,1-18H3. The first-order valence-electron chi connectivity index (χ1n) is 27.3. The number of carbonyl (C=O) groups excluding carboxylic acids is 5. The Morgan fingerprint density at radius 2 is 1.54 bits per heavy atom. The molecule has 0 radical (unpaired) electrons. The second kappa shape index (κ2) is 36.8. The molecule has 0 saturated carbocycles. The average Bonchev–Trinajstić information content (AvgIpc) is 3.37. The highest BCUT2D eigenvalue weighted by Gasteiger charge is 2.38. The van der Waals surface area contributed by atoms with Crippen molar-refractivity contribution in [2.75, 3.05) is 63.2 Å². The topological polar surface area (TPSA) is 200 Å². The molecule has 0 spiro atoms. The Labute approximate surface area is 457 Å². The highest BCUT2D eigenvalue weighted by Crippen LogP contribution is 2.32. The molecule has 1 heterocycles. The summed E-state index contributed by atoms with van der Waals surface area (Å²) in [7, 11) is 13.6. The zero-order valence-electron chi connectivity index (χ0n) is 49.6. The minimum absolute atomic E-state index is 0.131. The molecule has 436 valence electrons. The van der Waals surface area contributed by atoms with Gasteiger partial charge in [-0.2, -0.15) is 0 Å². The maximum absolute atomic E-state index is 13.6. The lowest BCUT2D eigenvalue weighted by Gasteiger charge is -2.35. The van der Waals surface area contributed by atoms with Crippen LogP contribution in [0.3, 0.4) is 0 Å². The molecule has 0 aliphatic carbocycles. The van der Waals surface area contributed by atoms with E-state index >= 15 is 0 Å². The van der Waals surface area contributed by atoms with Gasteiger partial charge >= 0.3 is 23.9 Å². The fourth-order valence-electron chi connectivity index (χ4n) is 9.44. The summed E-state index contributed by atoms with van der Waals surface area (Å²) in [4.78, 5) is 69.2. The Kier molecular flexibility index (Phi) is 33.8. The van der Waals surface area contributed by atoms with Crippen molar-refractivity contribution in [3.05, 3.63) is 60.4 Å². The molecule has 0 bridgehead atoms. The molecule has 17 nitrogen and oxygen atoms in total. The number of allylic oxidation sites excluding steroid dienone is 3. The largest absolute Gasteiger partial charge is 0.462 e. The van der Waals surface area contributed by atoms with E-state index in [0.29, 0.717) is 38.5 Å². The molecular weight excluding hydrogens is 975 g/mol. The predicted octanol–water partition coefficient (Wildman–Crippen LogP) is 7.74. The van der Waals surface area contributed by atoms with Crippen molar-refractivity contribution in [2.24, 2.45) is 41.4 Å². The van der Waals surface area contributed by atoms with Gasteiger partial charge in [0.15, 0.2) is 0 Å². The van der Waals surface area contributed by atoms with Crippen molar-refractivity contribution < 1.29 is 67.3 Å². The maximum Gasteiger partial charge on any atom is 0.331 e. The Morgan fingerprint density at radius 3 is 2.12 bits per heavy atom. The molecule has 0 saturated heterocycles. The van der Waals surface area contributed by atoms with E-state index in [1.54, 1.807) is 96.7 Å². The first-order chi connectivity index (χ1) is 35.7. The van der Waals surface area contributed by atoms with Gasteiger partial charge in [0.25, 0.3) is 0 Å². The second-order valence-corrected chi connectivity index (χ2v) is 21.9. The van der Waals surface area contributed by atoms with Gasteiger partial charge < -0.3 is 48.3 Å². The molecule has 17 unspecified atom stereocenters. The monoisotopic (exact) mass is 1080 g/mol. The van der Waals surface area contributed by atoms with Gasteiger partial charge in [0, 0.05) is 77.7 Å². The number of methoxy groups -OCH3 is 3. The van der Waals surface area contributed by atoms with Crippen molar-refractivity contribution in [1.82, 2.24) is 14.7 Å². The van der Waals surface area contributed by atoms with Gasteiger partial charge in [-0.3, -0.25) is 29.0 Å². The number of hydrogen-bond donors (Lipinski definition) is 2. The molecule has 1 aliphatic rings. The van der Waals surface area contributed by atoms with Gasteiger partial charge in [-0.15, -0.1) is 0 Å². The van der Waals surface area contributed by atoms with Gasteiger partial charge in [0.1, 0.15) is 36.5 Å². The van der Waals surface area contributed by atoms with Crippen LogP contribution in [0.2, 0.25) is 0 Å². The van der Waals surface area contributed by atoms with E-state index in [1.165, 1.54) is 25.0 Å². The van der Waals surface area contributed by atoms with Gasteiger partial charge in [-0.05, 0) is 110 Å². The van der Waals surface area contributed by atoms with E-state index in [9.17, 15) is 34.2 Å². The first-order valence-corrected chi connectivity index (χ1v) is 27.3. The van der Waals surface area contributed by atoms with E-state index in [0.717, 1.165) is 12.0 Å². The lowest BCUT2D eigenvalue weighted by Crippen LogP contribution is -2.45. The van der Waals surface area contributed by atoms with Gasteiger partial charge in [-0.25, -0.2) is 4.79 Å². The number of rotatable bonds is 23. The van der Waals surface area contributed by atoms with Crippen molar-refractivity contribution in [3.8, 4) is 0 Å². The molecule has 0 aromatic rings. The highest BCUT2D eigenvalue weighted by atomic mass is 16.6. The van der Waals surface area contributed by atoms with Crippen molar-refractivity contribution in [2.45, 2.75) is 182 Å². The number of likely N-dealkylation sites (N-methyl/N-ethyl adjacent to an activating group) is 2. The highest BCUT2D eigenvalue weighted by molar-refractivity contribution is 5.82. The molecule has 76 heavy (non-hydrogen) atoms. The predicted molar refractivity (Wildman–Crippen MR) is 297 cm³/mol. The lowest BCUT2D eigenvalue weighted by molar-refractivity contribution is -0.166. The van der Waals surface area contributed by atoms with Crippen LogP contribution in [0.15, 0.2) is 60.4 Å². The number of cyclic esters (lactones) is 1. The third-order valence-electron chi connectivity index (χ3n) is 15.2. The summed E-state index contributed by atoms with van der Waals surface area (Å²) in [6.07, 6.45) is 15.4. The third-order valence-corrected chi connectivity index (χ3v) is 15.2. The summed E-state index contributed by atoms with van der Waals surface area (Å²) in [5.41, 5.74) is 1.10. The van der Waals surface area contributed by atoms with E-state index < -0.39 is 90.3 Å². The van der Waals surface area contributed by atoms with Crippen LogP contribution in [0, 0.1) is 41.4 Å². The number of nitrogens with zero attached hydrogens (tertiary/aromatic N) is 3. The molecule has 1 aliphatic heterocycles. The third kappa shape index (κ3) is 25.1. The number of ether oxygens (including phenoxy) is 7. The Balaban J connectivity index is 3.64. The van der Waals surface area contributed by atoms with Crippen LogP contribution in [0.1, 0.15) is 121 Å².